The van der Waals surface area contributed by atoms with Crippen LogP contribution >= 0.6 is 24.0 Å². The molecule has 0 fully saturated rings. The normalized spacial score (nSPS) is 23.8. The van der Waals surface area contributed by atoms with Gasteiger partial charge in [0, 0.05) is 26.1 Å². The summed E-state index contributed by atoms with van der Waals surface area (Å²) in [7, 11) is 2.11. The van der Waals surface area contributed by atoms with Gasteiger partial charge in [0.05, 0.1) is 6.54 Å². The molecule has 1 aromatic rings. The summed E-state index contributed by atoms with van der Waals surface area (Å²) in [6.45, 7) is 7.65. The molecule has 0 amide bonds. The number of guanidine groups is 1. The van der Waals surface area contributed by atoms with Crippen LogP contribution in [0.15, 0.2) is 29.3 Å². The zero-order valence-electron chi connectivity index (χ0n) is 13.2. The van der Waals surface area contributed by atoms with E-state index in [2.05, 4.69) is 60.4 Å². The first-order chi connectivity index (χ1) is 9.66. The van der Waals surface area contributed by atoms with Gasteiger partial charge in [0.1, 0.15) is 0 Å². The highest BCUT2D eigenvalue weighted by Crippen LogP contribution is 2.44. The minimum absolute atomic E-state index is 0. The second-order valence-electron chi connectivity index (χ2n) is 6.42. The fraction of sp³-hybridized carbons (Fsp3) is 0.588. The maximum atomic E-state index is 4.52. The number of benzene rings is 1. The van der Waals surface area contributed by atoms with Crippen molar-refractivity contribution in [3.63, 3.8) is 0 Å². The van der Waals surface area contributed by atoms with Crippen molar-refractivity contribution in [3.05, 3.63) is 35.4 Å². The molecule has 2 atom stereocenters. The summed E-state index contributed by atoms with van der Waals surface area (Å²) in [5.74, 6) is 3.11. The number of aliphatic imine (C=N–C) groups is 1. The van der Waals surface area contributed by atoms with Crippen LogP contribution < -0.4 is 5.32 Å². The van der Waals surface area contributed by atoms with Crippen LogP contribution in [0.4, 0.5) is 0 Å². The fourth-order valence-electron chi connectivity index (χ4n) is 3.54. The minimum atomic E-state index is 0. The van der Waals surface area contributed by atoms with Gasteiger partial charge in [0.2, 0.25) is 0 Å². The fourth-order valence-corrected chi connectivity index (χ4v) is 3.54. The number of fused-ring (bicyclic) bond motifs is 1. The summed E-state index contributed by atoms with van der Waals surface area (Å²) in [6.07, 6.45) is 1.26. The third-order valence-electron chi connectivity index (χ3n) is 4.74. The highest BCUT2D eigenvalue weighted by atomic mass is 127. The molecule has 0 saturated carbocycles. The zero-order valence-corrected chi connectivity index (χ0v) is 15.5. The second-order valence-corrected chi connectivity index (χ2v) is 6.42. The molecule has 21 heavy (non-hydrogen) atoms. The first kappa shape index (κ1) is 16.6. The molecule has 1 aliphatic carbocycles. The van der Waals surface area contributed by atoms with Gasteiger partial charge in [-0.05, 0) is 29.4 Å². The van der Waals surface area contributed by atoms with Gasteiger partial charge in [0.15, 0.2) is 5.96 Å². The first-order valence-corrected chi connectivity index (χ1v) is 7.75. The van der Waals surface area contributed by atoms with E-state index in [-0.39, 0.29) is 24.0 Å². The number of nitrogens with zero attached hydrogens (tertiary/aromatic N) is 2. The van der Waals surface area contributed by atoms with Crippen LogP contribution in [0.5, 0.6) is 0 Å². The highest BCUT2D eigenvalue weighted by molar-refractivity contribution is 14.0. The Morgan fingerprint density at radius 3 is 2.62 bits per heavy atom. The van der Waals surface area contributed by atoms with Gasteiger partial charge >= 0.3 is 0 Å². The van der Waals surface area contributed by atoms with Crippen molar-refractivity contribution < 1.29 is 0 Å². The second kappa shape index (κ2) is 6.99. The molecule has 2 aliphatic rings. The average molecular weight is 399 g/mol. The number of hydrogen-bond acceptors (Lipinski definition) is 3. The Balaban J connectivity index is 0.00000161. The first-order valence-electron chi connectivity index (χ1n) is 7.75. The van der Waals surface area contributed by atoms with E-state index in [1.54, 1.807) is 11.1 Å². The lowest BCUT2D eigenvalue weighted by atomic mass is 9.90. The van der Waals surface area contributed by atoms with Crippen LogP contribution in [0.1, 0.15) is 43.2 Å². The smallest absolute Gasteiger partial charge is 0.193 e. The molecule has 1 heterocycles. The Morgan fingerprint density at radius 2 is 2.00 bits per heavy atom. The highest BCUT2D eigenvalue weighted by Gasteiger charge is 2.32. The van der Waals surface area contributed by atoms with E-state index in [1.165, 1.54) is 6.42 Å². The van der Waals surface area contributed by atoms with E-state index < -0.39 is 0 Å². The summed E-state index contributed by atoms with van der Waals surface area (Å²) in [4.78, 5) is 6.73. The zero-order chi connectivity index (χ0) is 14.1. The van der Waals surface area contributed by atoms with Gasteiger partial charge < -0.3 is 10.2 Å². The molecular formula is C17H26IN3. The molecule has 4 heteroatoms. The minimum Gasteiger partial charge on any atom is -0.356 e. The Morgan fingerprint density at radius 1 is 1.29 bits per heavy atom. The van der Waals surface area contributed by atoms with Gasteiger partial charge in [-0.15, -0.1) is 24.0 Å². The van der Waals surface area contributed by atoms with Crippen LogP contribution in [0.3, 0.4) is 0 Å². The Kier molecular flexibility index (Phi) is 5.52. The molecule has 0 saturated heterocycles. The number of likely N-dealkylation sites (N-methyl/N-ethyl adjacent to an activating group) is 1. The van der Waals surface area contributed by atoms with Gasteiger partial charge in [-0.25, -0.2) is 0 Å². The van der Waals surface area contributed by atoms with Gasteiger partial charge in [-0.1, -0.05) is 38.1 Å². The molecule has 3 nitrogen and oxygen atoms in total. The summed E-state index contributed by atoms with van der Waals surface area (Å²) in [5.41, 5.74) is 3.11. The van der Waals surface area contributed by atoms with Gasteiger partial charge in [-0.3, -0.25) is 4.99 Å². The Labute approximate surface area is 145 Å². The molecule has 1 aliphatic heterocycles. The van der Waals surface area contributed by atoms with Gasteiger partial charge in [-0.2, -0.15) is 0 Å². The molecule has 0 bridgehead atoms. The molecule has 0 aromatic heterocycles. The van der Waals surface area contributed by atoms with E-state index in [0.29, 0.717) is 17.8 Å². The van der Waals surface area contributed by atoms with E-state index in [0.717, 1.165) is 25.6 Å². The number of halogens is 1. The SMILES string of the molecule is CC(C)[C@@H]1C[C@@H](CNC2=NCCN2C)c2ccccc21.I. The number of hydrogen-bond donors (Lipinski definition) is 1. The maximum absolute atomic E-state index is 4.52. The lowest BCUT2D eigenvalue weighted by Gasteiger charge is -2.19. The predicted molar refractivity (Wildman–Crippen MR) is 99.7 cm³/mol. The lowest BCUT2D eigenvalue weighted by molar-refractivity contribution is 0.458. The van der Waals surface area contributed by atoms with Crippen LogP contribution in [0, 0.1) is 5.92 Å². The standard InChI is InChI=1S/C17H25N3.HI/c1-12(2)16-10-13(14-6-4-5-7-15(14)16)11-19-17-18-8-9-20(17)3;/h4-7,12-13,16H,8-11H2,1-3H3,(H,18,19);1H/t13-,16-;/m0./s1. The van der Waals surface area contributed by atoms with Crippen molar-refractivity contribution in [3.8, 4) is 0 Å². The molecule has 3 rings (SSSR count). The summed E-state index contributed by atoms with van der Waals surface area (Å²) >= 11 is 0. The van der Waals surface area contributed by atoms with Crippen molar-refractivity contribution in [1.29, 1.82) is 0 Å². The molecule has 0 spiro atoms. The van der Waals surface area contributed by atoms with Crippen molar-refractivity contribution in [2.24, 2.45) is 10.9 Å². The molecule has 0 radical (unpaired) electrons. The van der Waals surface area contributed by atoms with Crippen LogP contribution in [-0.4, -0.2) is 37.5 Å². The molecular weight excluding hydrogens is 373 g/mol. The lowest BCUT2D eigenvalue weighted by Crippen LogP contribution is -2.37. The van der Waals surface area contributed by atoms with Crippen molar-refractivity contribution in [1.82, 2.24) is 10.2 Å². The largest absolute Gasteiger partial charge is 0.356 e. The average Bonchev–Trinajstić information content (AvgIpc) is 3.00. The quantitative estimate of drug-likeness (QED) is 0.789. The van der Waals surface area contributed by atoms with Crippen LogP contribution in [0.25, 0.3) is 0 Å². The summed E-state index contributed by atoms with van der Waals surface area (Å²) in [5, 5.41) is 3.55. The van der Waals surface area contributed by atoms with E-state index >= 15 is 0 Å². The van der Waals surface area contributed by atoms with Crippen LogP contribution in [0.2, 0.25) is 0 Å². The Bertz CT molecular complexity index is 513. The van der Waals surface area contributed by atoms with Crippen molar-refractivity contribution in [2.45, 2.75) is 32.1 Å². The van der Waals surface area contributed by atoms with Crippen LogP contribution in [-0.2, 0) is 0 Å². The molecule has 1 N–H and O–H groups in total. The molecule has 116 valence electrons. The van der Waals surface area contributed by atoms with E-state index in [1.807, 2.05) is 0 Å². The predicted octanol–water partition coefficient (Wildman–Crippen LogP) is 3.42. The van der Waals surface area contributed by atoms with E-state index in [4.69, 9.17) is 0 Å². The monoisotopic (exact) mass is 399 g/mol. The maximum Gasteiger partial charge on any atom is 0.193 e. The van der Waals surface area contributed by atoms with Crippen molar-refractivity contribution >= 4 is 29.9 Å². The van der Waals surface area contributed by atoms with Gasteiger partial charge in [0.25, 0.3) is 0 Å². The topological polar surface area (TPSA) is 27.6 Å². The third-order valence-corrected chi connectivity index (χ3v) is 4.74. The van der Waals surface area contributed by atoms with E-state index in [9.17, 15) is 0 Å². The molecule has 1 aromatic carbocycles. The molecule has 0 unspecified atom stereocenters. The summed E-state index contributed by atoms with van der Waals surface area (Å²) in [6, 6.07) is 8.98. The van der Waals surface area contributed by atoms with Crippen molar-refractivity contribution in [2.75, 3.05) is 26.7 Å². The number of rotatable bonds is 3. The summed E-state index contributed by atoms with van der Waals surface area (Å²) < 4.78 is 0. The number of nitrogens with one attached hydrogen (secondary N) is 1. The Hall–Kier alpha value is -0.780. The third kappa shape index (κ3) is 3.35.